The molecule has 0 unspecified atom stereocenters. The number of β-amino-alcohol motifs (C(OH)–C–C–N with tert-alkyl or cyclic N) is 1. The average Bonchev–Trinajstić information content (AvgIpc) is 2.69. The number of alkyl halides is 4. The first-order chi connectivity index (χ1) is 13.7. The van der Waals surface area contributed by atoms with Gasteiger partial charge < -0.3 is 20.2 Å². The van der Waals surface area contributed by atoms with Crippen LogP contribution in [0.3, 0.4) is 0 Å². The molecule has 9 heteroatoms. The second-order valence-electron chi connectivity index (χ2n) is 8.02. The molecule has 1 aromatic rings. The van der Waals surface area contributed by atoms with Gasteiger partial charge in [0, 0.05) is 37.9 Å². The lowest BCUT2D eigenvalue weighted by Gasteiger charge is -2.46. The van der Waals surface area contributed by atoms with Crippen LogP contribution in [-0.4, -0.2) is 77.4 Å². The van der Waals surface area contributed by atoms with E-state index in [1.54, 1.807) is 0 Å². The molecule has 0 saturated carbocycles. The summed E-state index contributed by atoms with van der Waals surface area (Å²) in [6.45, 7) is 1.51. The fourth-order valence-electron chi connectivity index (χ4n) is 4.40. The van der Waals surface area contributed by atoms with Crippen LogP contribution in [-0.2, 0) is 6.18 Å². The molecule has 2 aliphatic rings. The maximum absolute atomic E-state index is 12.9. The highest BCUT2D eigenvalue weighted by Gasteiger charge is 2.41. The zero-order chi connectivity index (χ0) is 21.2. The van der Waals surface area contributed by atoms with Gasteiger partial charge >= 0.3 is 6.18 Å². The largest absolute Gasteiger partial charge is 0.416 e. The van der Waals surface area contributed by atoms with E-state index in [-0.39, 0.29) is 18.9 Å². The molecule has 5 nitrogen and oxygen atoms in total. The highest BCUT2D eigenvalue weighted by atomic mass is 19.4. The summed E-state index contributed by atoms with van der Waals surface area (Å²) >= 11 is 0. The molecule has 2 saturated heterocycles. The van der Waals surface area contributed by atoms with Crippen molar-refractivity contribution in [3.63, 3.8) is 0 Å². The Morgan fingerprint density at radius 1 is 0.966 bits per heavy atom. The zero-order valence-electron chi connectivity index (χ0n) is 16.1. The summed E-state index contributed by atoms with van der Waals surface area (Å²) in [6, 6.07) is 4.61. The second-order valence-corrected chi connectivity index (χ2v) is 8.02. The van der Waals surface area contributed by atoms with Gasteiger partial charge in [-0.2, -0.15) is 13.2 Å². The van der Waals surface area contributed by atoms with E-state index < -0.39 is 42.8 Å². The smallest absolute Gasteiger partial charge is 0.389 e. The number of benzene rings is 1. The first-order valence-corrected chi connectivity index (χ1v) is 9.97. The van der Waals surface area contributed by atoms with Gasteiger partial charge in [0.2, 0.25) is 0 Å². The van der Waals surface area contributed by atoms with E-state index in [0.717, 1.165) is 30.7 Å². The molecule has 4 atom stereocenters. The number of anilines is 1. The standard InChI is InChI=1S/C20H28F4N2O3/c21-8-5-16-18(28)19(29)17(27)12-26(16)11-13-6-9-25(10-7-13)15-3-1-14(2-4-15)20(22,23)24/h1-4,13,16-19,27-29H,5-12H2/t16-,17+,18-,19-/m1/s1. The lowest BCUT2D eigenvalue weighted by molar-refractivity contribution is -0.141. The second kappa shape index (κ2) is 9.16. The molecular formula is C20H28F4N2O3. The van der Waals surface area contributed by atoms with Gasteiger partial charge in [0.05, 0.1) is 24.4 Å². The van der Waals surface area contributed by atoms with Gasteiger partial charge in [-0.1, -0.05) is 0 Å². The lowest BCUT2D eigenvalue weighted by atomic mass is 9.89. The topological polar surface area (TPSA) is 67.2 Å². The highest BCUT2D eigenvalue weighted by Crippen LogP contribution is 2.32. The molecule has 2 fully saturated rings. The quantitative estimate of drug-likeness (QED) is 0.637. The van der Waals surface area contributed by atoms with Gasteiger partial charge in [-0.05, 0) is 49.4 Å². The molecule has 0 radical (unpaired) electrons. The number of hydrogen-bond acceptors (Lipinski definition) is 5. The molecule has 0 spiro atoms. The van der Waals surface area contributed by atoms with Gasteiger partial charge in [0.15, 0.2) is 0 Å². The van der Waals surface area contributed by atoms with E-state index in [4.69, 9.17) is 0 Å². The Balaban J connectivity index is 1.56. The van der Waals surface area contributed by atoms with Crippen molar-refractivity contribution < 1.29 is 32.9 Å². The molecule has 0 aliphatic carbocycles. The van der Waals surface area contributed by atoms with Gasteiger partial charge in [0.1, 0.15) is 6.10 Å². The maximum Gasteiger partial charge on any atom is 0.416 e. The highest BCUT2D eigenvalue weighted by molar-refractivity contribution is 5.48. The molecule has 0 amide bonds. The monoisotopic (exact) mass is 420 g/mol. The summed E-state index contributed by atoms with van der Waals surface area (Å²) in [4.78, 5) is 3.90. The normalized spacial score (nSPS) is 30.0. The van der Waals surface area contributed by atoms with Crippen LogP contribution < -0.4 is 4.90 Å². The van der Waals surface area contributed by atoms with E-state index in [1.807, 2.05) is 9.80 Å². The molecule has 1 aromatic carbocycles. The molecule has 2 aliphatic heterocycles. The van der Waals surface area contributed by atoms with Crippen molar-refractivity contribution in [2.75, 3.05) is 37.8 Å². The number of nitrogens with zero attached hydrogens (tertiary/aromatic N) is 2. The summed E-state index contributed by atoms with van der Waals surface area (Å²) in [5.41, 5.74) is 0.0816. The number of aliphatic hydroxyl groups is 3. The summed E-state index contributed by atoms with van der Waals surface area (Å²) < 4.78 is 51.0. The Hall–Kier alpha value is -1.42. The Bertz CT molecular complexity index is 650. The number of aliphatic hydroxyl groups excluding tert-OH is 3. The third-order valence-corrected chi connectivity index (χ3v) is 6.10. The first kappa shape index (κ1) is 22.3. The number of likely N-dealkylation sites (tertiary alicyclic amines) is 1. The van der Waals surface area contributed by atoms with Crippen LogP contribution in [0.1, 0.15) is 24.8 Å². The van der Waals surface area contributed by atoms with Crippen molar-refractivity contribution in [1.82, 2.24) is 4.90 Å². The fraction of sp³-hybridized carbons (Fsp3) is 0.700. The Labute approximate surface area is 167 Å². The van der Waals surface area contributed by atoms with Gasteiger partial charge in [0.25, 0.3) is 0 Å². The van der Waals surface area contributed by atoms with Crippen LogP contribution in [0, 0.1) is 5.92 Å². The van der Waals surface area contributed by atoms with E-state index in [1.165, 1.54) is 12.1 Å². The molecular weight excluding hydrogens is 392 g/mol. The number of halogens is 4. The summed E-state index contributed by atoms with van der Waals surface area (Å²) in [5.74, 6) is 0.262. The van der Waals surface area contributed by atoms with Crippen molar-refractivity contribution in [2.45, 2.75) is 49.8 Å². The molecule has 0 aromatic heterocycles. The minimum Gasteiger partial charge on any atom is -0.389 e. The van der Waals surface area contributed by atoms with Gasteiger partial charge in [-0.25, -0.2) is 0 Å². The minimum absolute atomic E-state index is 0.0926. The van der Waals surface area contributed by atoms with E-state index in [2.05, 4.69) is 0 Å². The molecule has 3 N–H and O–H groups in total. The average molecular weight is 420 g/mol. The summed E-state index contributed by atoms with van der Waals surface area (Å²) in [7, 11) is 0. The number of hydrogen-bond donors (Lipinski definition) is 3. The van der Waals surface area contributed by atoms with Crippen LogP contribution in [0.15, 0.2) is 24.3 Å². The summed E-state index contributed by atoms with van der Waals surface area (Å²) in [5, 5.41) is 30.0. The van der Waals surface area contributed by atoms with Crippen LogP contribution in [0.25, 0.3) is 0 Å². The van der Waals surface area contributed by atoms with Crippen molar-refractivity contribution in [1.29, 1.82) is 0 Å². The first-order valence-electron chi connectivity index (χ1n) is 9.97. The zero-order valence-corrected chi connectivity index (χ0v) is 16.1. The Morgan fingerprint density at radius 2 is 1.59 bits per heavy atom. The predicted molar refractivity (Wildman–Crippen MR) is 100 cm³/mol. The van der Waals surface area contributed by atoms with Crippen molar-refractivity contribution >= 4 is 5.69 Å². The van der Waals surface area contributed by atoms with Crippen LogP contribution in [0.5, 0.6) is 0 Å². The van der Waals surface area contributed by atoms with Crippen LogP contribution in [0.4, 0.5) is 23.2 Å². The maximum atomic E-state index is 12.9. The van der Waals surface area contributed by atoms with E-state index >= 15 is 0 Å². The summed E-state index contributed by atoms with van der Waals surface area (Å²) in [6.07, 6.45) is -6.20. The molecule has 2 heterocycles. The van der Waals surface area contributed by atoms with Crippen molar-refractivity contribution in [3.8, 4) is 0 Å². The van der Waals surface area contributed by atoms with Crippen LogP contribution >= 0.6 is 0 Å². The third kappa shape index (κ3) is 5.20. The van der Waals surface area contributed by atoms with Crippen LogP contribution in [0.2, 0.25) is 0 Å². The SMILES string of the molecule is O[C@H]1[C@H](O)[C@@H](O)CN(CC2CCN(c3ccc(C(F)(F)F)cc3)CC2)[C@@H]1CCF. The molecule has 29 heavy (non-hydrogen) atoms. The van der Waals surface area contributed by atoms with Crippen molar-refractivity contribution in [3.05, 3.63) is 29.8 Å². The Morgan fingerprint density at radius 3 is 2.14 bits per heavy atom. The van der Waals surface area contributed by atoms with E-state index in [9.17, 15) is 32.9 Å². The molecule has 0 bridgehead atoms. The lowest BCUT2D eigenvalue weighted by Crippen LogP contribution is -2.62. The van der Waals surface area contributed by atoms with Gasteiger partial charge in [-0.3, -0.25) is 9.29 Å². The van der Waals surface area contributed by atoms with Crippen molar-refractivity contribution in [2.24, 2.45) is 5.92 Å². The fourth-order valence-corrected chi connectivity index (χ4v) is 4.40. The third-order valence-electron chi connectivity index (χ3n) is 6.10. The Kier molecular flexibility index (Phi) is 7.03. The van der Waals surface area contributed by atoms with Gasteiger partial charge in [-0.15, -0.1) is 0 Å². The molecule has 164 valence electrons. The van der Waals surface area contributed by atoms with E-state index in [0.29, 0.717) is 19.6 Å². The molecule has 3 rings (SSSR count). The minimum atomic E-state index is -4.35. The number of rotatable bonds is 5. The number of piperidine rings is 2. The predicted octanol–water partition coefficient (Wildman–Crippen LogP) is 2.05.